The third-order valence-electron chi connectivity index (χ3n) is 3.32. The van der Waals surface area contributed by atoms with Gasteiger partial charge in [0, 0.05) is 18.0 Å². The molecule has 108 valence electrons. The number of imidazole rings is 1. The fourth-order valence-electron chi connectivity index (χ4n) is 2.17. The molecule has 5 heteroatoms. The van der Waals surface area contributed by atoms with E-state index in [1.165, 1.54) is 5.56 Å². The molecular weight excluding hydrogens is 264 g/mol. The van der Waals surface area contributed by atoms with Crippen LogP contribution in [0.5, 0.6) is 5.75 Å². The molecule has 0 saturated heterocycles. The third kappa shape index (κ3) is 2.86. The molecule has 0 aliphatic rings. The highest BCUT2D eigenvalue weighted by atomic mass is 16.5. The molecule has 0 amide bonds. The van der Waals surface area contributed by atoms with Crippen LogP contribution in [-0.2, 0) is 0 Å². The average molecular weight is 282 g/mol. The Morgan fingerprint density at radius 3 is 3.00 bits per heavy atom. The van der Waals surface area contributed by atoms with Crippen molar-refractivity contribution in [1.29, 1.82) is 0 Å². The van der Waals surface area contributed by atoms with E-state index in [1.807, 2.05) is 22.9 Å². The molecule has 3 aromatic rings. The molecule has 0 aliphatic heterocycles. The minimum atomic E-state index is 0.590. The van der Waals surface area contributed by atoms with Crippen LogP contribution in [0.4, 0.5) is 0 Å². The predicted molar refractivity (Wildman–Crippen MR) is 81.4 cm³/mol. The van der Waals surface area contributed by atoms with E-state index >= 15 is 0 Å². The molecule has 0 saturated carbocycles. The van der Waals surface area contributed by atoms with Crippen LogP contribution >= 0.6 is 0 Å². The number of hydrogen-bond acceptors (Lipinski definition) is 4. The van der Waals surface area contributed by atoms with Crippen LogP contribution in [0.3, 0.4) is 0 Å². The molecular formula is C16H18N4O. The van der Waals surface area contributed by atoms with E-state index in [0.29, 0.717) is 5.78 Å². The highest BCUT2D eigenvalue weighted by Gasteiger charge is 2.11. The minimum Gasteiger partial charge on any atom is -0.493 e. The molecule has 0 radical (unpaired) electrons. The number of benzene rings is 1. The van der Waals surface area contributed by atoms with Crippen molar-refractivity contribution in [3.05, 3.63) is 42.4 Å². The number of aryl methyl sites for hydroxylation is 1. The molecule has 0 atom stereocenters. The molecule has 0 unspecified atom stereocenters. The first kappa shape index (κ1) is 13.5. The van der Waals surface area contributed by atoms with Crippen molar-refractivity contribution >= 4 is 5.78 Å². The van der Waals surface area contributed by atoms with Gasteiger partial charge < -0.3 is 4.74 Å². The molecule has 3 rings (SSSR count). The molecule has 0 N–H and O–H groups in total. The normalized spacial score (nSPS) is 11.0. The Hall–Kier alpha value is -2.43. The van der Waals surface area contributed by atoms with Gasteiger partial charge in [0.2, 0.25) is 0 Å². The van der Waals surface area contributed by atoms with Gasteiger partial charge in [-0.25, -0.2) is 4.98 Å². The van der Waals surface area contributed by atoms with Gasteiger partial charge in [-0.3, -0.25) is 4.40 Å². The maximum atomic E-state index is 5.92. The number of aromatic nitrogens is 4. The number of unbranched alkanes of at least 4 members (excludes halogenated alkanes) is 1. The van der Waals surface area contributed by atoms with Crippen molar-refractivity contribution in [2.24, 2.45) is 0 Å². The standard InChI is InChI=1S/C16H18N4O/c1-3-4-9-21-15-10-12(2)5-6-13(15)14-11-20-8-7-17-19-16(20)18-14/h5-8,10-11H,3-4,9H2,1-2H3. The third-order valence-corrected chi connectivity index (χ3v) is 3.32. The first-order valence-corrected chi connectivity index (χ1v) is 7.18. The van der Waals surface area contributed by atoms with E-state index in [0.717, 1.165) is 36.5 Å². The molecule has 0 bridgehead atoms. The summed E-state index contributed by atoms with van der Waals surface area (Å²) >= 11 is 0. The van der Waals surface area contributed by atoms with E-state index in [2.05, 4.69) is 41.2 Å². The zero-order valence-corrected chi connectivity index (χ0v) is 12.3. The maximum Gasteiger partial charge on any atom is 0.254 e. The Bertz CT molecular complexity index is 718. The van der Waals surface area contributed by atoms with E-state index in [4.69, 9.17) is 4.74 Å². The van der Waals surface area contributed by atoms with Crippen LogP contribution in [0, 0.1) is 6.92 Å². The number of nitrogens with zero attached hydrogens (tertiary/aromatic N) is 4. The fourth-order valence-corrected chi connectivity index (χ4v) is 2.17. The van der Waals surface area contributed by atoms with Gasteiger partial charge in [-0.1, -0.05) is 19.4 Å². The van der Waals surface area contributed by atoms with E-state index in [9.17, 15) is 0 Å². The minimum absolute atomic E-state index is 0.590. The van der Waals surface area contributed by atoms with Crippen molar-refractivity contribution in [1.82, 2.24) is 19.6 Å². The highest BCUT2D eigenvalue weighted by Crippen LogP contribution is 2.30. The van der Waals surface area contributed by atoms with Gasteiger partial charge in [-0.2, -0.15) is 5.10 Å². The lowest BCUT2D eigenvalue weighted by Gasteiger charge is -2.10. The fraction of sp³-hybridized carbons (Fsp3) is 0.312. The summed E-state index contributed by atoms with van der Waals surface area (Å²) in [4.78, 5) is 4.51. The Morgan fingerprint density at radius 1 is 1.29 bits per heavy atom. The summed E-state index contributed by atoms with van der Waals surface area (Å²) in [6.45, 7) is 4.94. The lowest BCUT2D eigenvalue weighted by molar-refractivity contribution is 0.310. The first-order valence-electron chi connectivity index (χ1n) is 7.18. The molecule has 2 heterocycles. The van der Waals surface area contributed by atoms with Crippen molar-refractivity contribution in [2.75, 3.05) is 6.61 Å². The van der Waals surface area contributed by atoms with Crippen molar-refractivity contribution in [3.8, 4) is 17.0 Å². The first-order chi connectivity index (χ1) is 10.3. The van der Waals surface area contributed by atoms with Crippen molar-refractivity contribution < 1.29 is 4.74 Å². The van der Waals surface area contributed by atoms with Crippen LogP contribution < -0.4 is 4.74 Å². The lowest BCUT2D eigenvalue weighted by Crippen LogP contribution is -1.98. The van der Waals surface area contributed by atoms with Crippen molar-refractivity contribution in [2.45, 2.75) is 26.7 Å². The average Bonchev–Trinajstić information content (AvgIpc) is 2.91. The molecule has 0 fully saturated rings. The van der Waals surface area contributed by atoms with Crippen LogP contribution in [0.25, 0.3) is 17.0 Å². The second-order valence-electron chi connectivity index (χ2n) is 5.05. The van der Waals surface area contributed by atoms with Crippen LogP contribution in [0.15, 0.2) is 36.8 Å². The zero-order chi connectivity index (χ0) is 14.7. The summed E-state index contributed by atoms with van der Waals surface area (Å²) in [5.74, 6) is 1.47. The van der Waals surface area contributed by atoms with Gasteiger partial charge in [0.25, 0.3) is 5.78 Å². The van der Waals surface area contributed by atoms with Crippen molar-refractivity contribution in [3.63, 3.8) is 0 Å². The highest BCUT2D eigenvalue weighted by molar-refractivity contribution is 5.69. The van der Waals surface area contributed by atoms with E-state index in [-0.39, 0.29) is 0 Å². The molecule has 0 spiro atoms. The van der Waals surface area contributed by atoms with E-state index in [1.54, 1.807) is 6.20 Å². The molecule has 21 heavy (non-hydrogen) atoms. The van der Waals surface area contributed by atoms with Gasteiger partial charge in [0.15, 0.2) is 0 Å². The Labute approximate surface area is 123 Å². The van der Waals surface area contributed by atoms with Gasteiger partial charge in [0.1, 0.15) is 5.75 Å². The monoisotopic (exact) mass is 282 g/mol. The second kappa shape index (κ2) is 5.91. The summed E-state index contributed by atoms with van der Waals surface area (Å²) in [5, 5.41) is 7.86. The van der Waals surface area contributed by atoms with Crippen LogP contribution in [-0.4, -0.2) is 26.2 Å². The van der Waals surface area contributed by atoms with Gasteiger partial charge >= 0.3 is 0 Å². The van der Waals surface area contributed by atoms with Gasteiger partial charge in [0.05, 0.1) is 18.5 Å². The molecule has 5 nitrogen and oxygen atoms in total. The Morgan fingerprint density at radius 2 is 2.19 bits per heavy atom. The molecule has 2 aromatic heterocycles. The number of fused-ring (bicyclic) bond motifs is 1. The molecule has 1 aromatic carbocycles. The van der Waals surface area contributed by atoms with Gasteiger partial charge in [-0.05, 0) is 31.0 Å². The van der Waals surface area contributed by atoms with Gasteiger partial charge in [-0.15, -0.1) is 5.10 Å². The topological polar surface area (TPSA) is 52.3 Å². The summed E-state index contributed by atoms with van der Waals surface area (Å²) in [5.41, 5.74) is 3.01. The van der Waals surface area contributed by atoms with E-state index < -0.39 is 0 Å². The summed E-state index contributed by atoms with van der Waals surface area (Å²) in [7, 11) is 0. The lowest BCUT2D eigenvalue weighted by atomic mass is 10.1. The largest absolute Gasteiger partial charge is 0.493 e. The summed E-state index contributed by atoms with van der Waals surface area (Å²) in [6, 6.07) is 6.17. The summed E-state index contributed by atoms with van der Waals surface area (Å²) in [6.07, 6.45) is 7.59. The van der Waals surface area contributed by atoms with Crippen LogP contribution in [0.1, 0.15) is 25.3 Å². The number of rotatable bonds is 5. The maximum absolute atomic E-state index is 5.92. The smallest absolute Gasteiger partial charge is 0.254 e. The predicted octanol–water partition coefficient (Wildman–Crippen LogP) is 3.28. The SMILES string of the molecule is CCCCOc1cc(C)ccc1-c1cn2ccnnc2n1. The number of ether oxygens (including phenoxy) is 1. The Kier molecular flexibility index (Phi) is 3.81. The zero-order valence-electron chi connectivity index (χ0n) is 12.3. The van der Waals surface area contributed by atoms with Crippen LogP contribution in [0.2, 0.25) is 0 Å². The summed E-state index contributed by atoms with van der Waals surface area (Å²) < 4.78 is 7.78. The quantitative estimate of drug-likeness (QED) is 0.674. The molecule has 0 aliphatic carbocycles. The second-order valence-corrected chi connectivity index (χ2v) is 5.05. The number of hydrogen-bond donors (Lipinski definition) is 0. The Balaban J connectivity index is 1.99.